The van der Waals surface area contributed by atoms with E-state index in [9.17, 15) is 0 Å². The number of nitrogens with one attached hydrogen (secondary N) is 1. The van der Waals surface area contributed by atoms with Crippen molar-refractivity contribution in [2.45, 2.75) is 77.2 Å². The van der Waals surface area contributed by atoms with Gasteiger partial charge in [0.25, 0.3) is 0 Å². The zero-order valence-electron chi connectivity index (χ0n) is 14.2. The average molecular weight is 293 g/mol. The predicted octanol–water partition coefficient (Wildman–Crippen LogP) is 4.06. The largest absolute Gasteiger partial charge is 0.312 e. The van der Waals surface area contributed by atoms with Crippen LogP contribution < -0.4 is 5.32 Å². The molecule has 2 saturated carbocycles. The number of nitrogens with zero attached hydrogens (tertiary/aromatic N) is 1. The number of hydrogen-bond acceptors (Lipinski definition) is 2. The summed E-state index contributed by atoms with van der Waals surface area (Å²) >= 11 is 0. The summed E-state index contributed by atoms with van der Waals surface area (Å²) in [5.41, 5.74) is 0. The molecule has 0 spiro atoms. The smallest absolute Gasteiger partial charge is 0.0198 e. The van der Waals surface area contributed by atoms with E-state index in [0.29, 0.717) is 0 Å². The molecule has 1 N–H and O–H groups in total. The van der Waals surface area contributed by atoms with Crippen molar-refractivity contribution in [2.75, 3.05) is 26.2 Å². The Balaban J connectivity index is 1.41. The van der Waals surface area contributed by atoms with Gasteiger partial charge in [-0.05, 0) is 56.4 Å². The van der Waals surface area contributed by atoms with Crippen LogP contribution in [0.5, 0.6) is 0 Å². The quantitative estimate of drug-likeness (QED) is 0.822. The van der Waals surface area contributed by atoms with Gasteiger partial charge in [0.05, 0.1) is 0 Å². The first-order valence-corrected chi connectivity index (χ1v) is 9.75. The van der Waals surface area contributed by atoms with E-state index < -0.39 is 0 Å². The van der Waals surface area contributed by atoms with Crippen molar-refractivity contribution in [1.29, 1.82) is 0 Å². The van der Waals surface area contributed by atoms with Crippen LogP contribution in [0.2, 0.25) is 0 Å². The molecule has 0 aromatic heterocycles. The fourth-order valence-corrected chi connectivity index (χ4v) is 5.04. The van der Waals surface area contributed by atoms with Crippen LogP contribution >= 0.6 is 0 Å². The van der Waals surface area contributed by atoms with E-state index in [1.54, 1.807) is 0 Å². The van der Waals surface area contributed by atoms with Crippen LogP contribution in [-0.2, 0) is 0 Å². The van der Waals surface area contributed by atoms with Crippen LogP contribution in [0.25, 0.3) is 0 Å². The summed E-state index contributed by atoms with van der Waals surface area (Å²) in [6.07, 6.45) is 14.7. The second-order valence-corrected chi connectivity index (χ2v) is 8.32. The molecule has 1 heterocycles. The molecule has 0 bridgehead atoms. The highest BCUT2D eigenvalue weighted by molar-refractivity contribution is 4.84. The lowest BCUT2D eigenvalue weighted by molar-refractivity contribution is 0.127. The minimum Gasteiger partial charge on any atom is -0.312 e. The van der Waals surface area contributed by atoms with Gasteiger partial charge in [0, 0.05) is 25.7 Å². The summed E-state index contributed by atoms with van der Waals surface area (Å²) in [6, 6.07) is 0.761. The van der Waals surface area contributed by atoms with E-state index in [1.165, 1.54) is 90.4 Å². The highest BCUT2D eigenvalue weighted by atomic mass is 15.2. The van der Waals surface area contributed by atoms with Crippen LogP contribution in [-0.4, -0.2) is 37.1 Å². The molecule has 3 rings (SSSR count). The van der Waals surface area contributed by atoms with Gasteiger partial charge in [-0.25, -0.2) is 0 Å². The van der Waals surface area contributed by atoms with Gasteiger partial charge in [0.15, 0.2) is 0 Å². The Kier molecular flexibility index (Phi) is 5.99. The van der Waals surface area contributed by atoms with E-state index in [0.717, 1.165) is 23.8 Å². The van der Waals surface area contributed by atoms with Gasteiger partial charge in [-0.15, -0.1) is 0 Å². The van der Waals surface area contributed by atoms with Crippen LogP contribution in [0, 0.1) is 17.8 Å². The topological polar surface area (TPSA) is 15.3 Å². The number of likely N-dealkylation sites (tertiary alicyclic amines) is 1. The zero-order chi connectivity index (χ0) is 14.5. The van der Waals surface area contributed by atoms with Gasteiger partial charge in [-0.3, -0.25) is 0 Å². The third kappa shape index (κ3) is 4.96. The number of piperidine rings is 1. The minimum absolute atomic E-state index is 0.761. The first-order valence-electron chi connectivity index (χ1n) is 9.75. The molecule has 2 atom stereocenters. The van der Waals surface area contributed by atoms with Crippen molar-refractivity contribution in [3.63, 3.8) is 0 Å². The van der Waals surface area contributed by atoms with E-state index in [-0.39, 0.29) is 0 Å². The maximum atomic E-state index is 3.93. The van der Waals surface area contributed by atoms with E-state index in [2.05, 4.69) is 17.1 Å². The Bertz CT molecular complexity index is 292. The van der Waals surface area contributed by atoms with E-state index in [1.807, 2.05) is 0 Å². The standard InChI is InChI=1S/C19H36N2/c1-16-11-19(20-12-17-7-3-2-4-8-17)15-21(13-16)14-18-9-5-6-10-18/h16-20H,2-15H2,1H3. The molecule has 2 heteroatoms. The summed E-state index contributed by atoms with van der Waals surface area (Å²) in [5, 5.41) is 3.93. The van der Waals surface area contributed by atoms with Gasteiger partial charge in [-0.1, -0.05) is 39.0 Å². The summed E-state index contributed by atoms with van der Waals surface area (Å²) in [4.78, 5) is 2.78. The van der Waals surface area contributed by atoms with Crippen LogP contribution in [0.15, 0.2) is 0 Å². The molecule has 0 amide bonds. The Labute approximate surface area is 132 Å². The monoisotopic (exact) mass is 292 g/mol. The van der Waals surface area contributed by atoms with E-state index >= 15 is 0 Å². The van der Waals surface area contributed by atoms with Crippen molar-refractivity contribution in [3.8, 4) is 0 Å². The fourth-order valence-electron chi connectivity index (χ4n) is 5.04. The maximum absolute atomic E-state index is 3.93. The second kappa shape index (κ2) is 7.97. The molecule has 0 radical (unpaired) electrons. The van der Waals surface area contributed by atoms with Gasteiger partial charge in [0.1, 0.15) is 0 Å². The van der Waals surface area contributed by atoms with Gasteiger partial charge >= 0.3 is 0 Å². The average Bonchev–Trinajstić information content (AvgIpc) is 2.99. The molecular weight excluding hydrogens is 256 g/mol. The van der Waals surface area contributed by atoms with Crippen molar-refractivity contribution in [3.05, 3.63) is 0 Å². The molecule has 122 valence electrons. The Morgan fingerprint density at radius 1 is 0.857 bits per heavy atom. The lowest BCUT2D eigenvalue weighted by Crippen LogP contribution is -2.50. The molecule has 0 aromatic carbocycles. The molecular formula is C19H36N2. The summed E-state index contributed by atoms with van der Waals surface area (Å²) in [6.45, 7) is 7.78. The fraction of sp³-hybridized carbons (Fsp3) is 1.00. The molecule has 3 aliphatic rings. The van der Waals surface area contributed by atoms with Gasteiger partial charge in [0.2, 0.25) is 0 Å². The molecule has 2 aliphatic carbocycles. The van der Waals surface area contributed by atoms with Crippen LogP contribution in [0.1, 0.15) is 71.1 Å². The molecule has 0 aromatic rings. The van der Waals surface area contributed by atoms with Crippen molar-refractivity contribution < 1.29 is 0 Å². The minimum atomic E-state index is 0.761. The highest BCUT2D eigenvalue weighted by Gasteiger charge is 2.27. The summed E-state index contributed by atoms with van der Waals surface area (Å²) in [7, 11) is 0. The van der Waals surface area contributed by atoms with Crippen molar-refractivity contribution >= 4 is 0 Å². The normalized spacial score (nSPS) is 33.6. The molecule has 21 heavy (non-hydrogen) atoms. The first kappa shape index (κ1) is 15.8. The Hall–Kier alpha value is -0.0800. The lowest BCUT2D eigenvalue weighted by atomic mass is 9.88. The van der Waals surface area contributed by atoms with Gasteiger partial charge < -0.3 is 10.2 Å². The molecule has 2 nitrogen and oxygen atoms in total. The van der Waals surface area contributed by atoms with Gasteiger partial charge in [-0.2, -0.15) is 0 Å². The lowest BCUT2D eigenvalue weighted by Gasteiger charge is -2.39. The summed E-state index contributed by atoms with van der Waals surface area (Å²) < 4.78 is 0. The van der Waals surface area contributed by atoms with Crippen molar-refractivity contribution in [1.82, 2.24) is 10.2 Å². The van der Waals surface area contributed by atoms with Crippen LogP contribution in [0.3, 0.4) is 0 Å². The Morgan fingerprint density at radius 3 is 2.29 bits per heavy atom. The summed E-state index contributed by atoms with van der Waals surface area (Å²) in [5.74, 6) is 2.86. The third-order valence-electron chi connectivity index (χ3n) is 6.15. The van der Waals surface area contributed by atoms with E-state index in [4.69, 9.17) is 0 Å². The SMILES string of the molecule is CC1CC(NCC2CCCCC2)CN(CC2CCCC2)C1. The molecule has 1 aliphatic heterocycles. The van der Waals surface area contributed by atoms with Crippen molar-refractivity contribution in [2.24, 2.45) is 17.8 Å². The molecule has 3 fully saturated rings. The zero-order valence-corrected chi connectivity index (χ0v) is 14.2. The number of hydrogen-bond donors (Lipinski definition) is 1. The number of rotatable bonds is 5. The Morgan fingerprint density at radius 2 is 1.52 bits per heavy atom. The molecule has 1 saturated heterocycles. The predicted molar refractivity (Wildman–Crippen MR) is 90.5 cm³/mol. The molecule has 2 unspecified atom stereocenters. The first-order chi connectivity index (χ1) is 10.3. The van der Waals surface area contributed by atoms with Crippen LogP contribution in [0.4, 0.5) is 0 Å². The maximum Gasteiger partial charge on any atom is 0.0198 e. The third-order valence-corrected chi connectivity index (χ3v) is 6.15. The second-order valence-electron chi connectivity index (χ2n) is 8.32. The highest BCUT2D eigenvalue weighted by Crippen LogP contribution is 2.28.